The lowest BCUT2D eigenvalue weighted by Gasteiger charge is -2.46. The van der Waals surface area contributed by atoms with Crippen LogP contribution >= 0.6 is 0 Å². The van der Waals surface area contributed by atoms with Crippen molar-refractivity contribution in [3.8, 4) is 0 Å². The van der Waals surface area contributed by atoms with Gasteiger partial charge in [0.1, 0.15) is 5.60 Å². The standard InChI is InChI=1S/C19H23N3O3/c1-12-9-15-16(20-21(3)17(15)13(2)25-12)18(23)22-10-19(24,11-22)14-7-5-4-6-8-14/h4-8,12-13,24H,9-11H2,1-3H3/t12-,13+/m1/s1. The number of carbonyl (C=O) groups excluding carboxylic acids is 1. The summed E-state index contributed by atoms with van der Waals surface area (Å²) in [6, 6.07) is 9.50. The molecule has 2 aromatic rings. The van der Waals surface area contributed by atoms with Crippen molar-refractivity contribution in [2.75, 3.05) is 13.1 Å². The van der Waals surface area contributed by atoms with Crippen LogP contribution in [0, 0.1) is 0 Å². The Hall–Kier alpha value is -2.18. The lowest BCUT2D eigenvalue weighted by atomic mass is 9.85. The molecule has 1 N–H and O–H groups in total. The number of amides is 1. The van der Waals surface area contributed by atoms with Gasteiger partial charge in [-0.2, -0.15) is 5.10 Å². The minimum absolute atomic E-state index is 0.0656. The average molecular weight is 341 g/mol. The zero-order valence-corrected chi connectivity index (χ0v) is 14.8. The van der Waals surface area contributed by atoms with E-state index >= 15 is 0 Å². The molecule has 0 bridgehead atoms. The first-order valence-corrected chi connectivity index (χ1v) is 8.67. The third kappa shape index (κ3) is 2.56. The Balaban J connectivity index is 1.57. The second-order valence-electron chi connectivity index (χ2n) is 7.19. The maximum absolute atomic E-state index is 12.9. The Morgan fingerprint density at radius 2 is 1.96 bits per heavy atom. The van der Waals surface area contributed by atoms with E-state index in [-0.39, 0.29) is 18.1 Å². The molecule has 0 radical (unpaired) electrons. The molecule has 6 nitrogen and oxygen atoms in total. The molecule has 0 aliphatic carbocycles. The van der Waals surface area contributed by atoms with Gasteiger partial charge >= 0.3 is 0 Å². The first-order chi connectivity index (χ1) is 11.9. The Morgan fingerprint density at radius 1 is 1.28 bits per heavy atom. The van der Waals surface area contributed by atoms with Gasteiger partial charge < -0.3 is 14.7 Å². The van der Waals surface area contributed by atoms with E-state index in [0.29, 0.717) is 25.2 Å². The highest BCUT2D eigenvalue weighted by atomic mass is 16.5. The molecule has 6 heteroatoms. The molecular weight excluding hydrogens is 318 g/mol. The molecule has 132 valence electrons. The molecule has 1 fully saturated rings. The quantitative estimate of drug-likeness (QED) is 0.904. The van der Waals surface area contributed by atoms with E-state index < -0.39 is 5.60 Å². The van der Waals surface area contributed by atoms with Crippen molar-refractivity contribution in [2.24, 2.45) is 7.05 Å². The number of likely N-dealkylation sites (tertiary alicyclic amines) is 1. The number of aromatic nitrogens is 2. The van der Waals surface area contributed by atoms with Gasteiger partial charge in [0.2, 0.25) is 0 Å². The van der Waals surface area contributed by atoms with Gasteiger partial charge in [0.05, 0.1) is 31.0 Å². The zero-order valence-electron chi connectivity index (χ0n) is 14.8. The van der Waals surface area contributed by atoms with E-state index in [1.54, 1.807) is 9.58 Å². The summed E-state index contributed by atoms with van der Waals surface area (Å²) in [5.74, 6) is -0.112. The van der Waals surface area contributed by atoms with E-state index in [2.05, 4.69) is 5.10 Å². The van der Waals surface area contributed by atoms with Crippen LogP contribution < -0.4 is 0 Å². The summed E-state index contributed by atoms with van der Waals surface area (Å²) in [6.45, 7) is 4.59. The van der Waals surface area contributed by atoms with Crippen molar-refractivity contribution in [3.05, 3.63) is 52.8 Å². The van der Waals surface area contributed by atoms with E-state index in [1.807, 2.05) is 51.2 Å². The summed E-state index contributed by atoms with van der Waals surface area (Å²) >= 11 is 0. The molecule has 0 spiro atoms. The molecule has 0 saturated carbocycles. The fourth-order valence-electron chi connectivity index (χ4n) is 4.02. The lowest BCUT2D eigenvalue weighted by molar-refractivity contribution is -0.0866. The molecule has 3 heterocycles. The number of benzene rings is 1. The first kappa shape index (κ1) is 16.3. The molecule has 2 aliphatic rings. The van der Waals surface area contributed by atoms with E-state index in [0.717, 1.165) is 16.8 Å². The van der Waals surface area contributed by atoms with Crippen LogP contribution in [0.25, 0.3) is 0 Å². The van der Waals surface area contributed by atoms with Crippen molar-refractivity contribution in [1.82, 2.24) is 14.7 Å². The second-order valence-corrected chi connectivity index (χ2v) is 7.19. The Labute approximate surface area is 147 Å². The fourth-order valence-corrected chi connectivity index (χ4v) is 4.02. The fraction of sp³-hybridized carbons (Fsp3) is 0.474. The Morgan fingerprint density at radius 3 is 2.64 bits per heavy atom. The van der Waals surface area contributed by atoms with Gasteiger partial charge in [-0.1, -0.05) is 30.3 Å². The van der Waals surface area contributed by atoms with Gasteiger partial charge in [0.15, 0.2) is 5.69 Å². The Bertz CT molecular complexity index is 809. The summed E-state index contributed by atoms with van der Waals surface area (Å²) in [4.78, 5) is 14.6. The molecule has 1 amide bonds. The van der Waals surface area contributed by atoms with E-state index in [1.165, 1.54) is 0 Å². The van der Waals surface area contributed by atoms with Gasteiger partial charge in [0, 0.05) is 19.0 Å². The van der Waals surface area contributed by atoms with E-state index in [4.69, 9.17) is 4.74 Å². The molecule has 1 aromatic carbocycles. The molecule has 0 unspecified atom stereocenters. The summed E-state index contributed by atoms with van der Waals surface area (Å²) < 4.78 is 7.60. The van der Waals surface area contributed by atoms with Crippen LogP contribution in [0.1, 0.15) is 47.3 Å². The van der Waals surface area contributed by atoms with Crippen LogP contribution in [0.5, 0.6) is 0 Å². The molecule has 1 saturated heterocycles. The number of hydrogen-bond donors (Lipinski definition) is 1. The van der Waals surface area contributed by atoms with Gasteiger partial charge in [-0.05, 0) is 19.4 Å². The number of aryl methyl sites for hydroxylation is 1. The molecular formula is C19H23N3O3. The number of aliphatic hydroxyl groups is 1. The van der Waals surface area contributed by atoms with Crippen LogP contribution in [0.3, 0.4) is 0 Å². The van der Waals surface area contributed by atoms with Crippen molar-refractivity contribution >= 4 is 5.91 Å². The highest BCUT2D eigenvalue weighted by molar-refractivity contribution is 5.95. The number of rotatable bonds is 2. The van der Waals surface area contributed by atoms with Gasteiger partial charge in [-0.15, -0.1) is 0 Å². The maximum atomic E-state index is 12.9. The summed E-state index contributed by atoms with van der Waals surface area (Å²) in [6.07, 6.45) is 0.678. The maximum Gasteiger partial charge on any atom is 0.274 e. The number of carbonyl (C=O) groups is 1. The number of fused-ring (bicyclic) bond motifs is 1. The van der Waals surface area contributed by atoms with Crippen LogP contribution in [0.2, 0.25) is 0 Å². The number of β-amino-alcohol motifs (C(OH)–C–C–N with tert-alkyl or cyclic N) is 1. The third-order valence-electron chi connectivity index (χ3n) is 5.21. The van der Waals surface area contributed by atoms with Gasteiger partial charge in [-0.25, -0.2) is 0 Å². The van der Waals surface area contributed by atoms with Crippen molar-refractivity contribution < 1.29 is 14.6 Å². The predicted molar refractivity (Wildman–Crippen MR) is 92.1 cm³/mol. The largest absolute Gasteiger partial charge is 0.381 e. The van der Waals surface area contributed by atoms with Crippen LogP contribution in [0.4, 0.5) is 0 Å². The molecule has 2 aliphatic heterocycles. The van der Waals surface area contributed by atoms with Crippen LogP contribution in [-0.4, -0.2) is 44.9 Å². The summed E-state index contributed by atoms with van der Waals surface area (Å²) in [5.41, 5.74) is 2.33. The number of nitrogens with zero attached hydrogens (tertiary/aromatic N) is 3. The molecule has 4 rings (SSSR count). The lowest BCUT2D eigenvalue weighted by Crippen LogP contribution is -2.61. The van der Waals surface area contributed by atoms with Crippen molar-refractivity contribution in [2.45, 2.75) is 38.1 Å². The van der Waals surface area contributed by atoms with Gasteiger partial charge in [0.25, 0.3) is 5.91 Å². The summed E-state index contributed by atoms with van der Waals surface area (Å²) in [7, 11) is 1.85. The second kappa shape index (κ2) is 5.68. The molecule has 1 aromatic heterocycles. The Kier molecular flexibility index (Phi) is 3.70. The van der Waals surface area contributed by atoms with Crippen LogP contribution in [0.15, 0.2) is 30.3 Å². The minimum Gasteiger partial charge on any atom is -0.381 e. The smallest absolute Gasteiger partial charge is 0.274 e. The third-order valence-corrected chi connectivity index (χ3v) is 5.21. The zero-order chi connectivity index (χ0) is 17.8. The molecule has 25 heavy (non-hydrogen) atoms. The number of hydrogen-bond acceptors (Lipinski definition) is 4. The minimum atomic E-state index is -0.963. The van der Waals surface area contributed by atoms with E-state index in [9.17, 15) is 9.90 Å². The average Bonchev–Trinajstić information content (AvgIpc) is 2.89. The van der Waals surface area contributed by atoms with Crippen molar-refractivity contribution in [1.29, 1.82) is 0 Å². The highest BCUT2D eigenvalue weighted by Crippen LogP contribution is 2.36. The number of ether oxygens (including phenoxy) is 1. The monoisotopic (exact) mass is 341 g/mol. The SMILES string of the molecule is C[C@@H]1Cc2c(C(=O)N3CC(O)(c4ccccc4)C3)nn(C)c2[C@H](C)O1. The molecule has 2 atom stereocenters. The predicted octanol–water partition coefficient (Wildman–Crippen LogP) is 1.79. The summed E-state index contributed by atoms with van der Waals surface area (Å²) in [5, 5.41) is 15.2. The van der Waals surface area contributed by atoms with Gasteiger partial charge in [-0.3, -0.25) is 9.48 Å². The highest BCUT2D eigenvalue weighted by Gasteiger charge is 2.46. The van der Waals surface area contributed by atoms with Crippen LogP contribution in [-0.2, 0) is 23.8 Å². The normalized spacial score (nSPS) is 24.6. The van der Waals surface area contributed by atoms with Crippen molar-refractivity contribution in [3.63, 3.8) is 0 Å². The first-order valence-electron chi connectivity index (χ1n) is 8.67. The topological polar surface area (TPSA) is 67.6 Å².